The number of halogens is 2. The summed E-state index contributed by atoms with van der Waals surface area (Å²) in [5.74, 6) is 1.36. The molecule has 0 aliphatic carbocycles. The van der Waals surface area contributed by atoms with Gasteiger partial charge < -0.3 is 4.74 Å². The van der Waals surface area contributed by atoms with Gasteiger partial charge in [0.1, 0.15) is 17.3 Å². The Hall–Kier alpha value is -1.39. The second-order valence-corrected chi connectivity index (χ2v) is 6.08. The molecule has 0 N–H and O–H groups in total. The minimum atomic E-state index is -0.222. The Morgan fingerprint density at radius 1 is 1.11 bits per heavy atom. The molecule has 0 saturated carbocycles. The molecule has 0 unspecified atom stereocenters. The van der Waals surface area contributed by atoms with Crippen LogP contribution in [0.5, 0.6) is 11.5 Å². The summed E-state index contributed by atoms with van der Waals surface area (Å²) < 4.78 is 21.0. The molecule has 0 fully saturated rings. The first-order valence-electron chi connectivity index (χ1n) is 5.74. The zero-order valence-corrected chi connectivity index (χ0v) is 12.5. The van der Waals surface area contributed by atoms with Gasteiger partial charge in [-0.15, -0.1) is 11.3 Å². The summed E-state index contributed by atoms with van der Waals surface area (Å²) in [6.45, 7) is 1.99. The highest BCUT2D eigenvalue weighted by Gasteiger charge is 2.08. The molecule has 1 aromatic heterocycles. The fourth-order valence-electron chi connectivity index (χ4n) is 1.90. The average molecular weight is 337 g/mol. The monoisotopic (exact) mass is 336 g/mol. The van der Waals surface area contributed by atoms with Crippen LogP contribution in [-0.4, -0.2) is 0 Å². The number of ether oxygens (including phenoxy) is 1. The third kappa shape index (κ3) is 2.51. The van der Waals surface area contributed by atoms with Crippen LogP contribution in [0.4, 0.5) is 4.39 Å². The minimum absolute atomic E-state index is 0.222. The van der Waals surface area contributed by atoms with Gasteiger partial charge in [0.15, 0.2) is 0 Å². The molecule has 96 valence electrons. The van der Waals surface area contributed by atoms with E-state index < -0.39 is 0 Å². The normalized spacial score (nSPS) is 10.9. The molecule has 1 heterocycles. The molecule has 0 spiro atoms. The van der Waals surface area contributed by atoms with Crippen LogP contribution in [0.2, 0.25) is 0 Å². The van der Waals surface area contributed by atoms with E-state index in [1.807, 2.05) is 30.5 Å². The van der Waals surface area contributed by atoms with Crippen LogP contribution >= 0.6 is 27.3 Å². The lowest BCUT2D eigenvalue weighted by Gasteiger charge is -2.08. The van der Waals surface area contributed by atoms with E-state index in [2.05, 4.69) is 15.9 Å². The van der Waals surface area contributed by atoms with Crippen LogP contribution in [0.3, 0.4) is 0 Å². The lowest BCUT2D eigenvalue weighted by atomic mass is 10.2. The molecule has 0 aliphatic heterocycles. The van der Waals surface area contributed by atoms with Crippen molar-refractivity contribution >= 4 is 37.4 Å². The van der Waals surface area contributed by atoms with Crippen LogP contribution in [-0.2, 0) is 0 Å². The van der Waals surface area contributed by atoms with E-state index >= 15 is 0 Å². The molecule has 19 heavy (non-hydrogen) atoms. The molecule has 0 bridgehead atoms. The van der Waals surface area contributed by atoms with Gasteiger partial charge in [-0.05, 0) is 48.9 Å². The molecular formula is C15H10BrFOS. The van der Waals surface area contributed by atoms with E-state index in [1.54, 1.807) is 6.07 Å². The Bertz CT molecular complexity index is 751. The Morgan fingerprint density at radius 3 is 2.74 bits per heavy atom. The van der Waals surface area contributed by atoms with Crippen molar-refractivity contribution in [2.45, 2.75) is 6.92 Å². The number of fused-ring (bicyclic) bond motifs is 1. The Balaban J connectivity index is 2.01. The summed E-state index contributed by atoms with van der Waals surface area (Å²) in [7, 11) is 0. The average Bonchev–Trinajstić information content (AvgIpc) is 2.75. The van der Waals surface area contributed by atoms with Crippen molar-refractivity contribution in [1.82, 2.24) is 0 Å². The number of benzene rings is 2. The Kier molecular flexibility index (Phi) is 3.29. The topological polar surface area (TPSA) is 9.23 Å². The van der Waals surface area contributed by atoms with Crippen molar-refractivity contribution < 1.29 is 9.13 Å². The minimum Gasteiger partial charge on any atom is -0.456 e. The zero-order valence-electron chi connectivity index (χ0n) is 10.1. The van der Waals surface area contributed by atoms with Crippen molar-refractivity contribution in [3.8, 4) is 11.5 Å². The second kappa shape index (κ2) is 4.94. The maximum atomic E-state index is 13.1. The zero-order chi connectivity index (χ0) is 13.4. The third-order valence-electron chi connectivity index (χ3n) is 2.86. The van der Waals surface area contributed by atoms with Gasteiger partial charge in [-0.1, -0.05) is 15.9 Å². The van der Waals surface area contributed by atoms with E-state index in [-0.39, 0.29) is 5.82 Å². The molecule has 2 aromatic carbocycles. The van der Waals surface area contributed by atoms with Gasteiger partial charge in [0.05, 0.1) is 0 Å². The predicted octanol–water partition coefficient (Wildman–Crippen LogP) is 5.90. The first-order valence-corrected chi connectivity index (χ1v) is 7.41. The van der Waals surface area contributed by atoms with E-state index in [4.69, 9.17) is 4.74 Å². The fourth-order valence-corrected chi connectivity index (χ4v) is 3.26. The van der Waals surface area contributed by atoms with Gasteiger partial charge in [-0.3, -0.25) is 0 Å². The molecule has 3 aromatic rings. The molecular weight excluding hydrogens is 327 g/mol. The van der Waals surface area contributed by atoms with Crippen LogP contribution in [0.25, 0.3) is 10.1 Å². The summed E-state index contributed by atoms with van der Waals surface area (Å²) >= 11 is 4.91. The highest BCUT2D eigenvalue weighted by Crippen LogP contribution is 2.36. The lowest BCUT2D eigenvalue weighted by Crippen LogP contribution is -1.86. The number of hydrogen-bond acceptors (Lipinski definition) is 2. The smallest absolute Gasteiger partial charge is 0.145 e. The van der Waals surface area contributed by atoms with E-state index in [0.29, 0.717) is 0 Å². The van der Waals surface area contributed by atoms with Crippen molar-refractivity contribution in [2.24, 2.45) is 0 Å². The van der Waals surface area contributed by atoms with Crippen LogP contribution in [0.15, 0.2) is 46.3 Å². The van der Waals surface area contributed by atoms with E-state index in [1.165, 1.54) is 23.5 Å². The number of rotatable bonds is 2. The van der Waals surface area contributed by atoms with Crippen LogP contribution < -0.4 is 4.74 Å². The SMILES string of the molecule is Cc1cc(Br)ccc1Oc1csc2cc(F)ccc12. The molecule has 0 aliphatic rings. The Labute approximate surface area is 122 Å². The molecule has 0 atom stereocenters. The summed E-state index contributed by atoms with van der Waals surface area (Å²) in [5.41, 5.74) is 1.05. The number of hydrogen-bond donors (Lipinski definition) is 0. The third-order valence-corrected chi connectivity index (χ3v) is 4.28. The maximum absolute atomic E-state index is 13.1. The Morgan fingerprint density at radius 2 is 1.95 bits per heavy atom. The van der Waals surface area contributed by atoms with Crippen LogP contribution in [0, 0.1) is 12.7 Å². The van der Waals surface area contributed by atoms with Crippen molar-refractivity contribution in [3.63, 3.8) is 0 Å². The summed E-state index contributed by atoms with van der Waals surface area (Å²) in [6.07, 6.45) is 0. The molecule has 4 heteroatoms. The molecule has 3 rings (SSSR count). The first-order chi connectivity index (χ1) is 9.13. The summed E-state index contributed by atoms with van der Waals surface area (Å²) in [5, 5.41) is 2.85. The van der Waals surface area contributed by atoms with E-state index in [0.717, 1.165) is 31.6 Å². The van der Waals surface area contributed by atoms with Gasteiger partial charge in [0, 0.05) is 19.9 Å². The van der Waals surface area contributed by atoms with E-state index in [9.17, 15) is 4.39 Å². The lowest BCUT2D eigenvalue weighted by molar-refractivity contribution is 0.486. The summed E-state index contributed by atoms with van der Waals surface area (Å²) in [6, 6.07) is 10.6. The molecule has 0 radical (unpaired) electrons. The van der Waals surface area contributed by atoms with Gasteiger partial charge >= 0.3 is 0 Å². The number of aryl methyl sites for hydroxylation is 1. The predicted molar refractivity (Wildman–Crippen MR) is 80.7 cm³/mol. The quantitative estimate of drug-likeness (QED) is 0.565. The largest absolute Gasteiger partial charge is 0.456 e. The van der Waals surface area contributed by atoms with Crippen molar-refractivity contribution in [3.05, 3.63) is 57.6 Å². The highest BCUT2D eigenvalue weighted by molar-refractivity contribution is 9.10. The van der Waals surface area contributed by atoms with Gasteiger partial charge in [0.25, 0.3) is 0 Å². The molecule has 0 saturated heterocycles. The fraction of sp³-hybridized carbons (Fsp3) is 0.0667. The van der Waals surface area contributed by atoms with Crippen molar-refractivity contribution in [2.75, 3.05) is 0 Å². The van der Waals surface area contributed by atoms with Gasteiger partial charge in [-0.25, -0.2) is 4.39 Å². The molecule has 1 nitrogen and oxygen atoms in total. The van der Waals surface area contributed by atoms with Gasteiger partial charge in [-0.2, -0.15) is 0 Å². The van der Waals surface area contributed by atoms with Crippen LogP contribution in [0.1, 0.15) is 5.56 Å². The standard InChI is InChI=1S/C15H10BrFOS/c1-9-6-10(16)2-5-13(9)18-14-8-19-15-7-11(17)3-4-12(14)15/h2-8H,1H3. The van der Waals surface area contributed by atoms with Gasteiger partial charge in [0.2, 0.25) is 0 Å². The highest BCUT2D eigenvalue weighted by atomic mass is 79.9. The maximum Gasteiger partial charge on any atom is 0.145 e. The second-order valence-electron chi connectivity index (χ2n) is 4.25. The first kappa shape index (κ1) is 12.6. The summed E-state index contributed by atoms with van der Waals surface area (Å²) in [4.78, 5) is 0. The molecule has 0 amide bonds. The number of thiophene rings is 1. The van der Waals surface area contributed by atoms with Crippen molar-refractivity contribution in [1.29, 1.82) is 0 Å².